The minimum absolute atomic E-state index is 0.0502. The summed E-state index contributed by atoms with van der Waals surface area (Å²) < 4.78 is 7.19. The molecule has 7 heteroatoms. The van der Waals surface area contributed by atoms with E-state index in [0.29, 0.717) is 23.8 Å². The molecule has 2 aliphatic heterocycles. The van der Waals surface area contributed by atoms with Gasteiger partial charge in [-0.15, -0.1) is 0 Å². The van der Waals surface area contributed by atoms with Gasteiger partial charge in [-0.1, -0.05) is 0 Å². The number of fused-ring (bicyclic) bond motifs is 1. The zero-order valence-electron chi connectivity index (χ0n) is 14.2. The van der Waals surface area contributed by atoms with E-state index in [1.54, 1.807) is 12.3 Å². The fraction of sp³-hybridized carbons (Fsp3) is 0.500. The Morgan fingerprint density at radius 1 is 1.16 bits per heavy atom. The third-order valence-electron chi connectivity index (χ3n) is 4.92. The van der Waals surface area contributed by atoms with Crippen LogP contribution in [0.2, 0.25) is 0 Å². The minimum atomic E-state index is -0.248. The number of carbonyl (C=O) groups excluding carboxylic acids is 2. The molecule has 0 bridgehead atoms. The number of amides is 2. The van der Waals surface area contributed by atoms with Crippen molar-refractivity contribution >= 4 is 11.8 Å². The summed E-state index contributed by atoms with van der Waals surface area (Å²) in [5, 5.41) is 2.84. The summed E-state index contributed by atoms with van der Waals surface area (Å²) in [6.07, 6.45) is 6.46. The molecule has 0 atom stereocenters. The van der Waals surface area contributed by atoms with Crippen LogP contribution in [0.15, 0.2) is 22.8 Å². The Kier molecular flexibility index (Phi) is 4.29. The van der Waals surface area contributed by atoms with E-state index in [0.717, 1.165) is 57.4 Å². The molecule has 2 amide bonds. The molecule has 1 saturated heterocycles. The maximum atomic E-state index is 12.8. The van der Waals surface area contributed by atoms with Crippen LogP contribution in [-0.2, 0) is 19.5 Å². The number of rotatable bonds is 4. The number of aromatic nitrogens is 2. The Morgan fingerprint density at radius 3 is 2.72 bits per heavy atom. The number of nitrogens with one attached hydrogen (secondary N) is 1. The first-order chi connectivity index (χ1) is 12.2. The normalized spacial score (nSPS) is 16.7. The molecular weight excluding hydrogens is 320 g/mol. The van der Waals surface area contributed by atoms with Crippen LogP contribution in [0.25, 0.3) is 0 Å². The summed E-state index contributed by atoms with van der Waals surface area (Å²) in [6.45, 7) is 2.62. The first-order valence-electron chi connectivity index (χ1n) is 8.93. The molecule has 4 heterocycles. The first-order valence-corrected chi connectivity index (χ1v) is 8.93. The lowest BCUT2D eigenvalue weighted by atomic mass is 10.1. The van der Waals surface area contributed by atoms with Crippen LogP contribution in [0.3, 0.4) is 0 Å². The number of carbonyl (C=O) groups is 2. The van der Waals surface area contributed by atoms with Crippen molar-refractivity contribution in [2.45, 2.75) is 45.2 Å². The highest BCUT2D eigenvalue weighted by Crippen LogP contribution is 2.23. The van der Waals surface area contributed by atoms with Gasteiger partial charge in [0.2, 0.25) is 0 Å². The SMILES string of the molecule is O=C(NCc1ccco1)c1nc(C(=O)N2CCCC2)n2c1CCCC2. The Morgan fingerprint density at radius 2 is 1.96 bits per heavy atom. The predicted molar refractivity (Wildman–Crippen MR) is 90.2 cm³/mol. The van der Waals surface area contributed by atoms with Crippen LogP contribution in [0.1, 0.15) is 58.2 Å². The van der Waals surface area contributed by atoms with Crippen LogP contribution in [0.4, 0.5) is 0 Å². The fourth-order valence-corrected chi connectivity index (χ4v) is 3.61. The first kappa shape index (κ1) is 15.9. The number of hydrogen-bond donors (Lipinski definition) is 1. The standard InChI is InChI=1S/C18H22N4O3/c23-17(19-12-13-6-5-11-25-13)15-14-7-1-2-10-22(14)16(20-15)18(24)21-8-3-4-9-21/h5-6,11H,1-4,7-10,12H2,(H,19,23). The summed E-state index contributed by atoms with van der Waals surface area (Å²) in [5.41, 5.74) is 1.26. The van der Waals surface area contributed by atoms with E-state index in [1.165, 1.54) is 0 Å². The third kappa shape index (κ3) is 3.06. The molecule has 7 nitrogen and oxygen atoms in total. The van der Waals surface area contributed by atoms with Crippen molar-refractivity contribution in [3.05, 3.63) is 41.4 Å². The van der Waals surface area contributed by atoms with E-state index in [4.69, 9.17) is 4.42 Å². The van der Waals surface area contributed by atoms with Crippen molar-refractivity contribution in [3.8, 4) is 0 Å². The van der Waals surface area contributed by atoms with E-state index in [9.17, 15) is 9.59 Å². The Bertz CT molecular complexity index is 773. The maximum absolute atomic E-state index is 12.8. The zero-order chi connectivity index (χ0) is 17.2. The molecule has 2 aromatic rings. The van der Waals surface area contributed by atoms with Gasteiger partial charge in [-0.05, 0) is 44.2 Å². The van der Waals surface area contributed by atoms with Gasteiger partial charge >= 0.3 is 0 Å². The van der Waals surface area contributed by atoms with Gasteiger partial charge in [0.15, 0.2) is 5.82 Å². The summed E-state index contributed by atoms with van der Waals surface area (Å²) in [5.74, 6) is 0.808. The van der Waals surface area contributed by atoms with E-state index >= 15 is 0 Å². The van der Waals surface area contributed by atoms with Crippen molar-refractivity contribution in [2.75, 3.05) is 13.1 Å². The second-order valence-corrected chi connectivity index (χ2v) is 6.60. The molecule has 4 rings (SSSR count). The van der Waals surface area contributed by atoms with Crippen molar-refractivity contribution in [1.82, 2.24) is 19.8 Å². The van der Waals surface area contributed by atoms with E-state index in [-0.39, 0.29) is 11.8 Å². The summed E-state index contributed by atoms with van der Waals surface area (Å²) in [7, 11) is 0. The molecule has 0 spiro atoms. The summed E-state index contributed by atoms with van der Waals surface area (Å²) >= 11 is 0. The average Bonchev–Trinajstić information content (AvgIpc) is 3.39. The van der Waals surface area contributed by atoms with Crippen molar-refractivity contribution in [3.63, 3.8) is 0 Å². The van der Waals surface area contributed by atoms with Crippen LogP contribution in [0.5, 0.6) is 0 Å². The van der Waals surface area contributed by atoms with Crippen molar-refractivity contribution in [1.29, 1.82) is 0 Å². The molecule has 132 valence electrons. The second-order valence-electron chi connectivity index (χ2n) is 6.60. The van der Waals surface area contributed by atoms with Gasteiger partial charge < -0.3 is 19.2 Å². The molecule has 1 fully saturated rings. The number of hydrogen-bond acceptors (Lipinski definition) is 4. The van der Waals surface area contributed by atoms with Crippen LogP contribution < -0.4 is 5.32 Å². The summed E-state index contributed by atoms with van der Waals surface area (Å²) in [4.78, 5) is 31.7. The summed E-state index contributed by atoms with van der Waals surface area (Å²) in [6, 6.07) is 3.60. The quantitative estimate of drug-likeness (QED) is 0.921. The van der Waals surface area contributed by atoms with E-state index in [1.807, 2.05) is 15.5 Å². The molecule has 0 aromatic carbocycles. The molecule has 0 saturated carbocycles. The van der Waals surface area contributed by atoms with Crippen LogP contribution in [-0.4, -0.2) is 39.4 Å². The number of nitrogens with zero attached hydrogens (tertiary/aromatic N) is 3. The van der Waals surface area contributed by atoms with Gasteiger partial charge in [-0.2, -0.15) is 0 Å². The van der Waals surface area contributed by atoms with Gasteiger partial charge in [0.25, 0.3) is 11.8 Å². The Hall–Kier alpha value is -2.57. The molecule has 25 heavy (non-hydrogen) atoms. The fourth-order valence-electron chi connectivity index (χ4n) is 3.61. The largest absolute Gasteiger partial charge is 0.467 e. The lowest BCUT2D eigenvalue weighted by molar-refractivity contribution is 0.0774. The van der Waals surface area contributed by atoms with Crippen molar-refractivity contribution < 1.29 is 14.0 Å². The molecule has 0 aliphatic carbocycles. The zero-order valence-corrected chi connectivity index (χ0v) is 14.2. The number of likely N-dealkylation sites (tertiary alicyclic amines) is 1. The van der Waals surface area contributed by atoms with Gasteiger partial charge in [-0.25, -0.2) is 4.98 Å². The molecule has 2 aliphatic rings. The number of imidazole rings is 1. The van der Waals surface area contributed by atoms with E-state index < -0.39 is 0 Å². The van der Waals surface area contributed by atoms with Gasteiger partial charge in [0, 0.05) is 19.6 Å². The molecule has 2 aromatic heterocycles. The molecule has 1 N–H and O–H groups in total. The minimum Gasteiger partial charge on any atom is -0.467 e. The van der Waals surface area contributed by atoms with Gasteiger partial charge in [0.1, 0.15) is 11.5 Å². The molecular formula is C18H22N4O3. The average molecular weight is 342 g/mol. The van der Waals surface area contributed by atoms with Crippen LogP contribution in [0, 0.1) is 0 Å². The maximum Gasteiger partial charge on any atom is 0.289 e. The van der Waals surface area contributed by atoms with Crippen LogP contribution >= 0.6 is 0 Å². The van der Waals surface area contributed by atoms with Gasteiger partial charge in [-0.3, -0.25) is 9.59 Å². The highest BCUT2D eigenvalue weighted by molar-refractivity contribution is 5.97. The Balaban J connectivity index is 1.58. The van der Waals surface area contributed by atoms with Gasteiger partial charge in [0.05, 0.1) is 18.5 Å². The second kappa shape index (κ2) is 6.74. The lowest BCUT2D eigenvalue weighted by Crippen LogP contribution is -2.31. The smallest absolute Gasteiger partial charge is 0.289 e. The highest BCUT2D eigenvalue weighted by Gasteiger charge is 2.30. The molecule has 0 radical (unpaired) electrons. The van der Waals surface area contributed by atoms with Crippen molar-refractivity contribution in [2.24, 2.45) is 0 Å². The molecule has 0 unspecified atom stereocenters. The highest BCUT2D eigenvalue weighted by atomic mass is 16.3. The van der Waals surface area contributed by atoms with E-state index in [2.05, 4.69) is 10.3 Å². The third-order valence-corrected chi connectivity index (χ3v) is 4.92. The Labute approximate surface area is 146 Å². The topological polar surface area (TPSA) is 80.4 Å². The predicted octanol–water partition coefficient (Wildman–Crippen LogP) is 1.98. The number of furan rings is 1. The lowest BCUT2D eigenvalue weighted by Gasteiger charge is -2.19. The monoisotopic (exact) mass is 342 g/mol.